The van der Waals surface area contributed by atoms with Crippen molar-refractivity contribution < 1.29 is 18.7 Å². The average Bonchev–Trinajstić information content (AvgIpc) is 3.31. The molecular formula is C26H33N3O5. The number of hydrogen-bond acceptors (Lipinski definition) is 6. The Kier molecular flexibility index (Phi) is 7.26. The molecular weight excluding hydrogens is 434 g/mol. The minimum absolute atomic E-state index is 0.0573. The van der Waals surface area contributed by atoms with E-state index in [9.17, 15) is 9.59 Å². The molecule has 1 aliphatic rings. The molecule has 8 nitrogen and oxygen atoms in total. The fraction of sp³-hybridized carbons (Fsp3) is 0.462. The summed E-state index contributed by atoms with van der Waals surface area (Å²) in [5, 5.41) is 3.72. The molecule has 0 aliphatic carbocycles. The second-order valence-electron chi connectivity index (χ2n) is 8.58. The zero-order chi connectivity index (χ0) is 24.2. The van der Waals surface area contributed by atoms with Gasteiger partial charge in [-0.05, 0) is 50.8 Å². The van der Waals surface area contributed by atoms with Gasteiger partial charge >= 0.3 is 0 Å². The minimum Gasteiger partial charge on any atom is -0.496 e. The van der Waals surface area contributed by atoms with E-state index < -0.39 is 0 Å². The number of pyridine rings is 1. The Labute approximate surface area is 199 Å². The van der Waals surface area contributed by atoms with Gasteiger partial charge in [-0.2, -0.15) is 0 Å². The zero-order valence-corrected chi connectivity index (χ0v) is 20.3. The van der Waals surface area contributed by atoms with Gasteiger partial charge in [-0.25, -0.2) is 0 Å². The van der Waals surface area contributed by atoms with Gasteiger partial charge in [-0.1, -0.05) is 6.92 Å². The van der Waals surface area contributed by atoms with Gasteiger partial charge in [0, 0.05) is 48.6 Å². The number of amides is 1. The molecule has 182 valence electrons. The Morgan fingerprint density at radius 1 is 1.24 bits per heavy atom. The summed E-state index contributed by atoms with van der Waals surface area (Å²) in [6.45, 7) is 8.35. The molecule has 1 saturated heterocycles. The lowest BCUT2D eigenvalue weighted by Crippen LogP contribution is -2.40. The third-order valence-corrected chi connectivity index (χ3v) is 6.58. The van der Waals surface area contributed by atoms with Crippen molar-refractivity contribution in [3.8, 4) is 5.75 Å². The number of aromatic amines is 1. The molecule has 0 saturated carbocycles. The molecule has 2 N–H and O–H groups in total. The monoisotopic (exact) mass is 467 g/mol. The standard InChI is InChI=1S/C26H33N3O5/c1-5-18-21(29(6-2)17-7-10-33-11-8-17)14-23-19(9-12-34-23)24(18)26(31)27-15-20-22(32-4)13-16(3)28-25(20)30/h9,12-14,17H,5-8,10-11,15H2,1-4H3,(H,27,31)(H,28,30). The van der Waals surface area contributed by atoms with Crippen LogP contribution in [0.15, 0.2) is 33.7 Å². The van der Waals surface area contributed by atoms with Gasteiger partial charge in [-0.3, -0.25) is 9.59 Å². The maximum absolute atomic E-state index is 13.6. The van der Waals surface area contributed by atoms with Crippen LogP contribution in [-0.4, -0.2) is 43.8 Å². The predicted molar refractivity (Wildman–Crippen MR) is 132 cm³/mol. The number of anilines is 1. The number of carbonyl (C=O) groups is 1. The van der Waals surface area contributed by atoms with Crippen LogP contribution >= 0.6 is 0 Å². The number of nitrogens with zero attached hydrogens (tertiary/aromatic N) is 1. The molecule has 1 aromatic carbocycles. The van der Waals surface area contributed by atoms with E-state index in [-0.39, 0.29) is 18.0 Å². The lowest BCUT2D eigenvalue weighted by molar-refractivity contribution is 0.0845. The number of hydrogen-bond donors (Lipinski definition) is 2. The average molecular weight is 468 g/mol. The van der Waals surface area contributed by atoms with E-state index in [1.54, 1.807) is 19.3 Å². The molecule has 1 fully saturated rings. The van der Waals surface area contributed by atoms with Gasteiger partial charge in [0.15, 0.2) is 0 Å². The lowest BCUT2D eigenvalue weighted by Gasteiger charge is -2.37. The van der Waals surface area contributed by atoms with E-state index in [4.69, 9.17) is 13.9 Å². The Morgan fingerprint density at radius 3 is 2.68 bits per heavy atom. The number of fused-ring (bicyclic) bond motifs is 1. The van der Waals surface area contributed by atoms with Gasteiger partial charge in [0.1, 0.15) is 11.3 Å². The molecule has 3 aromatic rings. The Bertz CT molecular complexity index is 1220. The smallest absolute Gasteiger partial charge is 0.256 e. The molecule has 0 radical (unpaired) electrons. The largest absolute Gasteiger partial charge is 0.496 e. The Morgan fingerprint density at radius 2 is 2.00 bits per heavy atom. The molecule has 34 heavy (non-hydrogen) atoms. The van der Waals surface area contributed by atoms with E-state index in [1.807, 2.05) is 6.07 Å². The van der Waals surface area contributed by atoms with Crippen LogP contribution in [0, 0.1) is 6.92 Å². The van der Waals surface area contributed by atoms with Crippen LogP contribution in [0.2, 0.25) is 0 Å². The molecule has 0 atom stereocenters. The van der Waals surface area contributed by atoms with Crippen molar-refractivity contribution >= 4 is 22.6 Å². The maximum atomic E-state index is 13.6. The first-order chi connectivity index (χ1) is 16.5. The third-order valence-electron chi connectivity index (χ3n) is 6.58. The number of carbonyl (C=O) groups excluding carboxylic acids is 1. The summed E-state index contributed by atoms with van der Waals surface area (Å²) in [6.07, 6.45) is 4.20. The van der Waals surface area contributed by atoms with Crippen molar-refractivity contribution in [2.24, 2.45) is 0 Å². The molecule has 1 amide bonds. The first-order valence-electron chi connectivity index (χ1n) is 11.9. The minimum atomic E-state index is -0.272. The van der Waals surface area contributed by atoms with Crippen LogP contribution < -0.4 is 20.5 Å². The van der Waals surface area contributed by atoms with Gasteiger partial charge in [-0.15, -0.1) is 0 Å². The zero-order valence-electron chi connectivity index (χ0n) is 20.3. The van der Waals surface area contributed by atoms with E-state index in [0.717, 1.165) is 49.2 Å². The number of furan rings is 1. The fourth-order valence-corrected chi connectivity index (χ4v) is 4.93. The van der Waals surface area contributed by atoms with E-state index in [0.29, 0.717) is 40.6 Å². The van der Waals surface area contributed by atoms with Crippen LogP contribution in [0.3, 0.4) is 0 Å². The van der Waals surface area contributed by atoms with Crippen LogP contribution in [-0.2, 0) is 17.7 Å². The first-order valence-corrected chi connectivity index (χ1v) is 11.9. The summed E-state index contributed by atoms with van der Waals surface area (Å²) in [7, 11) is 1.52. The Balaban J connectivity index is 1.73. The number of nitrogens with one attached hydrogen (secondary N) is 2. The van der Waals surface area contributed by atoms with E-state index in [1.165, 1.54) is 7.11 Å². The summed E-state index contributed by atoms with van der Waals surface area (Å²) in [5.41, 5.74) is 4.08. The summed E-state index contributed by atoms with van der Waals surface area (Å²) in [5.74, 6) is 0.214. The highest BCUT2D eigenvalue weighted by atomic mass is 16.5. The summed E-state index contributed by atoms with van der Waals surface area (Å²) in [4.78, 5) is 31.2. The molecule has 3 heterocycles. The van der Waals surface area contributed by atoms with Crippen molar-refractivity contribution in [1.82, 2.24) is 10.3 Å². The van der Waals surface area contributed by atoms with Crippen molar-refractivity contribution in [2.75, 3.05) is 31.8 Å². The normalized spacial score (nSPS) is 14.4. The number of methoxy groups -OCH3 is 1. The van der Waals surface area contributed by atoms with Crippen molar-refractivity contribution in [1.29, 1.82) is 0 Å². The topological polar surface area (TPSA) is 96.8 Å². The van der Waals surface area contributed by atoms with Crippen LogP contribution in [0.5, 0.6) is 5.75 Å². The number of H-pyrrole nitrogens is 1. The highest BCUT2D eigenvalue weighted by Crippen LogP contribution is 2.35. The first kappa shape index (κ1) is 23.9. The van der Waals surface area contributed by atoms with E-state index in [2.05, 4.69) is 35.1 Å². The molecule has 8 heteroatoms. The SMILES string of the molecule is CCc1c(N(CC)C2CCOCC2)cc2occc2c1C(=O)NCc1c(OC)cc(C)[nH]c1=O. The summed E-state index contributed by atoms with van der Waals surface area (Å²) < 4.78 is 16.7. The van der Waals surface area contributed by atoms with Gasteiger partial charge in [0.25, 0.3) is 11.5 Å². The van der Waals surface area contributed by atoms with Crippen molar-refractivity contribution in [3.05, 3.63) is 57.2 Å². The van der Waals surface area contributed by atoms with Gasteiger partial charge in [0.2, 0.25) is 0 Å². The van der Waals surface area contributed by atoms with Crippen LogP contribution in [0.4, 0.5) is 5.69 Å². The Hall–Kier alpha value is -3.26. The molecule has 4 rings (SSSR count). The second-order valence-corrected chi connectivity index (χ2v) is 8.58. The number of ether oxygens (including phenoxy) is 2. The molecule has 0 bridgehead atoms. The lowest BCUT2D eigenvalue weighted by atomic mass is 9.95. The van der Waals surface area contributed by atoms with Crippen molar-refractivity contribution in [3.63, 3.8) is 0 Å². The third kappa shape index (κ3) is 4.55. The second kappa shape index (κ2) is 10.3. The van der Waals surface area contributed by atoms with Crippen LogP contribution in [0.25, 0.3) is 11.0 Å². The van der Waals surface area contributed by atoms with Crippen molar-refractivity contribution in [2.45, 2.75) is 52.6 Å². The molecule has 0 unspecified atom stereocenters. The van der Waals surface area contributed by atoms with Gasteiger partial charge < -0.3 is 29.1 Å². The molecule has 0 spiro atoms. The predicted octanol–water partition coefficient (Wildman–Crippen LogP) is 3.94. The summed E-state index contributed by atoms with van der Waals surface area (Å²) >= 11 is 0. The summed E-state index contributed by atoms with van der Waals surface area (Å²) in [6, 6.07) is 5.99. The van der Waals surface area contributed by atoms with Crippen LogP contribution in [0.1, 0.15) is 53.9 Å². The molecule has 1 aliphatic heterocycles. The quantitative estimate of drug-likeness (QED) is 0.521. The number of benzene rings is 1. The number of rotatable bonds is 8. The fourth-order valence-electron chi connectivity index (χ4n) is 4.93. The molecule has 2 aromatic heterocycles. The maximum Gasteiger partial charge on any atom is 0.256 e. The van der Waals surface area contributed by atoms with Gasteiger partial charge in [0.05, 0.1) is 31.0 Å². The van der Waals surface area contributed by atoms with E-state index >= 15 is 0 Å². The highest BCUT2D eigenvalue weighted by Gasteiger charge is 2.27. The number of aryl methyl sites for hydroxylation is 1. The highest BCUT2D eigenvalue weighted by molar-refractivity contribution is 6.09. The number of aromatic nitrogens is 1.